The minimum Gasteiger partial charge on any atom is -0.468 e. The number of hydrogen-bond acceptors (Lipinski definition) is 6. The first-order valence-corrected chi connectivity index (χ1v) is 11.4. The molecule has 0 radical (unpaired) electrons. The van der Waals surface area contributed by atoms with Gasteiger partial charge in [-0.25, -0.2) is 4.79 Å². The number of methoxy groups -OCH3 is 1. The monoisotopic (exact) mass is 477 g/mol. The van der Waals surface area contributed by atoms with Crippen LogP contribution < -0.4 is 10.6 Å². The molecule has 1 rings (SSSR count). The van der Waals surface area contributed by atoms with Gasteiger partial charge in [0.2, 0.25) is 11.8 Å². The normalized spacial score (nSPS) is 13.3. The second-order valence-electron chi connectivity index (χ2n) is 10.0. The van der Waals surface area contributed by atoms with E-state index in [-0.39, 0.29) is 6.54 Å². The first-order chi connectivity index (χ1) is 15.6. The number of alkyl carbamates (subject to hydrolysis) is 1. The van der Waals surface area contributed by atoms with Gasteiger partial charge in [-0.15, -0.1) is 0 Å². The highest BCUT2D eigenvalue weighted by molar-refractivity contribution is 5.93. The number of aryl methyl sites for hydroxylation is 1. The van der Waals surface area contributed by atoms with E-state index in [1.165, 1.54) is 18.9 Å². The quantitative estimate of drug-likeness (QED) is 0.556. The maximum Gasteiger partial charge on any atom is 0.408 e. The summed E-state index contributed by atoms with van der Waals surface area (Å²) in [6, 6.07) is 5.34. The lowest BCUT2D eigenvalue weighted by Gasteiger charge is -2.42. The van der Waals surface area contributed by atoms with Crippen molar-refractivity contribution < 1.29 is 28.7 Å². The molecule has 2 atom stereocenters. The summed E-state index contributed by atoms with van der Waals surface area (Å²) in [5.41, 5.74) is 0.115. The molecule has 0 aliphatic heterocycles. The highest BCUT2D eigenvalue weighted by atomic mass is 16.6. The summed E-state index contributed by atoms with van der Waals surface area (Å²) in [4.78, 5) is 52.2. The van der Waals surface area contributed by atoms with Gasteiger partial charge in [0.15, 0.2) is 0 Å². The third-order valence-corrected chi connectivity index (χ3v) is 4.91. The van der Waals surface area contributed by atoms with Crippen molar-refractivity contribution in [1.29, 1.82) is 0 Å². The average Bonchev–Trinajstić information content (AvgIpc) is 2.72. The summed E-state index contributed by atoms with van der Waals surface area (Å²) in [5, 5.41) is 5.11. The maximum absolute atomic E-state index is 13.6. The number of benzene rings is 1. The lowest BCUT2D eigenvalue weighted by molar-refractivity contribution is -0.149. The number of hydrogen-bond donors (Lipinski definition) is 2. The Kier molecular flexibility index (Phi) is 10.1. The molecule has 9 heteroatoms. The number of ether oxygens (including phenoxy) is 2. The standard InChI is InChI=1S/C25H39N3O6/c1-10-17-11-13-18(14-12-17)20(21(30)26-15-19(29)33-9)28(24(3,4)5)22(31)16(2)27-23(32)34-25(6,7)8/h11-14,16,20H,10,15H2,1-9H3,(H,26,30)(H,27,32). The van der Waals surface area contributed by atoms with Crippen molar-refractivity contribution >= 4 is 23.9 Å². The second-order valence-corrected chi connectivity index (χ2v) is 10.0. The summed E-state index contributed by atoms with van der Waals surface area (Å²) < 4.78 is 9.89. The van der Waals surface area contributed by atoms with Gasteiger partial charge in [0.05, 0.1) is 7.11 Å². The topological polar surface area (TPSA) is 114 Å². The Labute approximate surface area is 202 Å². The molecule has 2 N–H and O–H groups in total. The number of carbonyl (C=O) groups is 4. The van der Waals surface area contributed by atoms with Crippen LogP contribution in [0.2, 0.25) is 0 Å². The number of esters is 1. The Morgan fingerprint density at radius 3 is 2.00 bits per heavy atom. The van der Waals surface area contributed by atoms with Crippen LogP contribution in [-0.2, 0) is 30.3 Å². The highest BCUT2D eigenvalue weighted by Gasteiger charge is 2.40. The van der Waals surface area contributed by atoms with Crippen LogP contribution in [0.1, 0.15) is 72.6 Å². The van der Waals surface area contributed by atoms with Crippen LogP contribution in [0.25, 0.3) is 0 Å². The van der Waals surface area contributed by atoms with E-state index in [4.69, 9.17) is 4.74 Å². The lowest BCUT2D eigenvalue weighted by Crippen LogP contribution is -2.58. The third-order valence-electron chi connectivity index (χ3n) is 4.91. The van der Waals surface area contributed by atoms with Crippen LogP contribution in [0.5, 0.6) is 0 Å². The van der Waals surface area contributed by atoms with Gasteiger partial charge >= 0.3 is 12.1 Å². The number of nitrogens with one attached hydrogen (secondary N) is 2. The molecule has 0 bridgehead atoms. The molecule has 2 unspecified atom stereocenters. The minimum absolute atomic E-state index is 0.337. The molecule has 0 saturated heterocycles. The molecule has 0 aliphatic carbocycles. The van der Waals surface area contributed by atoms with Gasteiger partial charge < -0.3 is 25.0 Å². The van der Waals surface area contributed by atoms with Gasteiger partial charge in [-0.05, 0) is 66.0 Å². The largest absolute Gasteiger partial charge is 0.468 e. The van der Waals surface area contributed by atoms with Crippen molar-refractivity contribution in [3.8, 4) is 0 Å². The number of amides is 3. The molecule has 9 nitrogen and oxygen atoms in total. The Morgan fingerprint density at radius 2 is 1.56 bits per heavy atom. The molecular formula is C25H39N3O6. The molecule has 0 aliphatic rings. The maximum atomic E-state index is 13.6. The number of carbonyl (C=O) groups excluding carboxylic acids is 4. The van der Waals surface area contributed by atoms with Gasteiger partial charge in [0.25, 0.3) is 0 Å². The predicted molar refractivity (Wildman–Crippen MR) is 129 cm³/mol. The Balaban J connectivity index is 3.38. The highest BCUT2D eigenvalue weighted by Crippen LogP contribution is 2.30. The average molecular weight is 478 g/mol. The molecule has 0 fully saturated rings. The van der Waals surface area contributed by atoms with Crippen molar-refractivity contribution in [2.24, 2.45) is 0 Å². The van der Waals surface area contributed by atoms with Crippen molar-refractivity contribution in [3.05, 3.63) is 35.4 Å². The van der Waals surface area contributed by atoms with Crippen molar-refractivity contribution in [2.75, 3.05) is 13.7 Å². The van der Waals surface area contributed by atoms with Crippen LogP contribution in [0, 0.1) is 0 Å². The molecule has 1 aromatic rings. The van der Waals surface area contributed by atoms with Crippen molar-refractivity contribution in [1.82, 2.24) is 15.5 Å². The van der Waals surface area contributed by atoms with Gasteiger partial charge in [0.1, 0.15) is 24.2 Å². The van der Waals surface area contributed by atoms with Crippen LogP contribution in [0.4, 0.5) is 4.79 Å². The SMILES string of the molecule is CCc1ccc(C(C(=O)NCC(=O)OC)N(C(=O)C(C)NC(=O)OC(C)(C)C)C(C)(C)C)cc1. The number of nitrogens with zero attached hydrogens (tertiary/aromatic N) is 1. The summed E-state index contributed by atoms with van der Waals surface area (Å²) in [6.45, 7) is 13.8. The van der Waals surface area contributed by atoms with Crippen LogP contribution in [0.3, 0.4) is 0 Å². The molecule has 1 aromatic carbocycles. The van der Waals surface area contributed by atoms with Gasteiger partial charge in [-0.1, -0.05) is 31.2 Å². The molecular weight excluding hydrogens is 438 g/mol. The summed E-state index contributed by atoms with van der Waals surface area (Å²) in [7, 11) is 1.23. The lowest BCUT2D eigenvalue weighted by atomic mass is 9.95. The zero-order chi connectivity index (χ0) is 26.3. The van der Waals surface area contributed by atoms with Crippen molar-refractivity contribution in [3.63, 3.8) is 0 Å². The van der Waals surface area contributed by atoms with E-state index in [0.717, 1.165) is 12.0 Å². The fourth-order valence-corrected chi connectivity index (χ4v) is 3.28. The van der Waals surface area contributed by atoms with Gasteiger partial charge in [-0.3, -0.25) is 14.4 Å². The molecule has 0 saturated carbocycles. The molecule has 34 heavy (non-hydrogen) atoms. The summed E-state index contributed by atoms with van der Waals surface area (Å²) in [5.74, 6) is -1.62. The molecule has 3 amide bonds. The van der Waals surface area contributed by atoms with Crippen LogP contribution in [-0.4, -0.2) is 59.6 Å². The van der Waals surface area contributed by atoms with E-state index in [1.54, 1.807) is 53.7 Å². The summed E-state index contributed by atoms with van der Waals surface area (Å²) >= 11 is 0. The second kappa shape index (κ2) is 11.9. The Bertz CT molecular complexity index is 868. The smallest absolute Gasteiger partial charge is 0.408 e. The Hall–Kier alpha value is -3.10. The fraction of sp³-hybridized carbons (Fsp3) is 0.600. The zero-order valence-corrected chi connectivity index (χ0v) is 21.8. The van der Waals surface area contributed by atoms with E-state index >= 15 is 0 Å². The molecule has 0 aromatic heterocycles. The Morgan fingerprint density at radius 1 is 1.00 bits per heavy atom. The first kappa shape index (κ1) is 28.9. The third kappa shape index (κ3) is 8.68. The van der Waals surface area contributed by atoms with E-state index in [0.29, 0.717) is 5.56 Å². The minimum atomic E-state index is -1.05. The molecule has 0 heterocycles. The van der Waals surface area contributed by atoms with E-state index in [2.05, 4.69) is 15.4 Å². The van der Waals surface area contributed by atoms with Gasteiger partial charge in [0, 0.05) is 5.54 Å². The van der Waals surface area contributed by atoms with Crippen LogP contribution >= 0.6 is 0 Å². The van der Waals surface area contributed by atoms with Crippen molar-refractivity contribution in [2.45, 2.75) is 85.0 Å². The molecule has 0 spiro atoms. The fourth-order valence-electron chi connectivity index (χ4n) is 3.28. The first-order valence-electron chi connectivity index (χ1n) is 11.4. The van der Waals surface area contributed by atoms with Gasteiger partial charge in [-0.2, -0.15) is 0 Å². The van der Waals surface area contributed by atoms with E-state index in [9.17, 15) is 19.2 Å². The predicted octanol–water partition coefficient (Wildman–Crippen LogP) is 3.12. The molecule has 190 valence electrons. The van der Waals surface area contributed by atoms with E-state index < -0.39 is 47.1 Å². The zero-order valence-electron chi connectivity index (χ0n) is 21.8. The number of rotatable bonds is 8. The van der Waals surface area contributed by atoms with E-state index in [1.807, 2.05) is 19.1 Å². The van der Waals surface area contributed by atoms with Crippen LogP contribution in [0.15, 0.2) is 24.3 Å². The summed E-state index contributed by atoms with van der Waals surface area (Å²) in [6.07, 6.45) is 0.0827.